The molecule has 2 N–H and O–H groups in total. The predicted octanol–water partition coefficient (Wildman–Crippen LogP) is 2.91. The number of carbonyl (C=O) groups is 1. The van der Waals surface area contributed by atoms with E-state index in [1.165, 1.54) is 10.9 Å². The number of hydrogen-bond acceptors (Lipinski definition) is 8. The van der Waals surface area contributed by atoms with Crippen LogP contribution in [-0.4, -0.2) is 46.9 Å². The highest BCUT2D eigenvalue weighted by Gasteiger charge is 2.26. The van der Waals surface area contributed by atoms with Crippen LogP contribution in [-0.2, 0) is 28.3 Å². The van der Waals surface area contributed by atoms with Gasteiger partial charge in [-0.25, -0.2) is 18.7 Å². The Hall–Kier alpha value is -2.73. The van der Waals surface area contributed by atoms with Gasteiger partial charge in [-0.3, -0.25) is 5.10 Å². The number of esters is 1. The highest BCUT2D eigenvalue weighted by molar-refractivity contribution is 7.93. The molecule has 0 fully saturated rings. The van der Waals surface area contributed by atoms with E-state index in [2.05, 4.69) is 30.5 Å². The van der Waals surface area contributed by atoms with E-state index >= 15 is 0 Å². The van der Waals surface area contributed by atoms with Crippen LogP contribution in [0.5, 0.6) is 0 Å². The van der Waals surface area contributed by atoms with Gasteiger partial charge in [-0.05, 0) is 6.92 Å². The summed E-state index contributed by atoms with van der Waals surface area (Å²) in [5, 5.41) is 19.0. The third-order valence-corrected chi connectivity index (χ3v) is 3.62. The first-order valence-electron chi connectivity index (χ1n) is 7.98. The first kappa shape index (κ1) is 20.6. The number of hydrogen-bond donors (Lipinski definition) is 2. The van der Waals surface area contributed by atoms with Crippen molar-refractivity contribution >= 4 is 39.9 Å². The number of ether oxygens (including phenoxy) is 1. The van der Waals surface area contributed by atoms with Gasteiger partial charge < -0.3 is 9.29 Å². The summed E-state index contributed by atoms with van der Waals surface area (Å²) in [7, 11) is 1.64. The van der Waals surface area contributed by atoms with Gasteiger partial charge in [0, 0.05) is 12.5 Å². The zero-order valence-electron chi connectivity index (χ0n) is 15.6. The number of aromatic amines is 1. The summed E-state index contributed by atoms with van der Waals surface area (Å²) in [6.07, 6.45) is 1.30. The Morgan fingerprint density at radius 1 is 1.44 bits per heavy atom. The molecule has 2 heterocycles. The van der Waals surface area contributed by atoms with Crippen molar-refractivity contribution in [2.45, 2.75) is 33.1 Å². The SMILES string of the molecule is CCOC(=O)c1cn[nH]c1N=Nc1c(C(C)(C)C)nn(C)c1N=CS(=O)O. The van der Waals surface area contributed by atoms with Crippen LogP contribution in [0.1, 0.15) is 43.7 Å². The molecule has 2 aromatic rings. The summed E-state index contributed by atoms with van der Waals surface area (Å²) in [4.78, 5) is 15.9. The van der Waals surface area contributed by atoms with Crippen LogP contribution in [0, 0.1) is 0 Å². The Kier molecular flexibility index (Phi) is 6.33. The highest BCUT2D eigenvalue weighted by Crippen LogP contribution is 2.39. The first-order chi connectivity index (χ1) is 12.6. The van der Waals surface area contributed by atoms with Crippen LogP contribution in [0.2, 0.25) is 0 Å². The van der Waals surface area contributed by atoms with Gasteiger partial charge >= 0.3 is 5.97 Å². The topological polar surface area (TPSA) is 147 Å². The maximum absolute atomic E-state index is 11.9. The summed E-state index contributed by atoms with van der Waals surface area (Å²) in [5.74, 6) is -0.197. The summed E-state index contributed by atoms with van der Waals surface area (Å²) in [5.41, 5.74) is 1.51. The smallest absolute Gasteiger partial charge is 0.343 e. The summed E-state index contributed by atoms with van der Waals surface area (Å²) < 4.78 is 26.3. The average Bonchev–Trinajstić information content (AvgIpc) is 3.15. The Balaban J connectivity index is 2.52. The molecule has 0 aliphatic heterocycles. The van der Waals surface area contributed by atoms with Gasteiger partial charge in [-0.2, -0.15) is 10.2 Å². The summed E-state index contributed by atoms with van der Waals surface area (Å²) in [6.45, 7) is 7.72. The normalized spacial score (nSPS) is 13.6. The molecule has 11 nitrogen and oxygen atoms in total. The molecule has 2 rings (SSSR count). The number of nitrogens with zero attached hydrogens (tertiary/aromatic N) is 6. The second kappa shape index (κ2) is 8.31. The molecule has 2 aromatic heterocycles. The molecule has 27 heavy (non-hydrogen) atoms. The molecule has 146 valence electrons. The fourth-order valence-corrected chi connectivity index (χ4v) is 2.34. The zero-order chi connectivity index (χ0) is 20.2. The van der Waals surface area contributed by atoms with Gasteiger partial charge in [0.2, 0.25) is 0 Å². The third kappa shape index (κ3) is 4.92. The van der Waals surface area contributed by atoms with Gasteiger partial charge in [-0.1, -0.05) is 20.8 Å². The number of H-pyrrole nitrogens is 1. The molecule has 0 radical (unpaired) electrons. The standard InChI is InChI=1S/C15H21N7O4S/c1-6-26-14(23)9-7-17-19-12(9)20-18-10-11(15(2,3)4)21-22(5)13(10)16-8-27(24)25/h7-8H,6H2,1-5H3,(H,17,19)(H,24,25). The summed E-state index contributed by atoms with van der Waals surface area (Å²) in [6, 6.07) is 0. The molecule has 12 heteroatoms. The van der Waals surface area contributed by atoms with Crippen LogP contribution in [0.25, 0.3) is 0 Å². The third-order valence-electron chi connectivity index (χ3n) is 3.33. The lowest BCUT2D eigenvalue weighted by atomic mass is 9.91. The number of carbonyl (C=O) groups excluding carboxylic acids is 1. The maximum atomic E-state index is 11.9. The molecule has 1 unspecified atom stereocenters. The van der Waals surface area contributed by atoms with Crippen molar-refractivity contribution in [3.05, 3.63) is 17.5 Å². The van der Waals surface area contributed by atoms with E-state index < -0.39 is 22.5 Å². The minimum atomic E-state index is -2.22. The molecule has 0 aromatic carbocycles. The second-order valence-corrected chi connectivity index (χ2v) is 7.22. The fourth-order valence-electron chi connectivity index (χ4n) is 2.15. The summed E-state index contributed by atoms with van der Waals surface area (Å²) >= 11 is -2.22. The first-order valence-corrected chi connectivity index (χ1v) is 9.15. The van der Waals surface area contributed by atoms with Crippen molar-refractivity contribution in [3.63, 3.8) is 0 Å². The van der Waals surface area contributed by atoms with Crippen LogP contribution >= 0.6 is 0 Å². The van der Waals surface area contributed by atoms with E-state index in [4.69, 9.17) is 9.29 Å². The van der Waals surface area contributed by atoms with Crippen molar-refractivity contribution in [2.75, 3.05) is 6.61 Å². The minimum absolute atomic E-state index is 0.123. The van der Waals surface area contributed by atoms with E-state index in [1.807, 2.05) is 20.8 Å². The van der Waals surface area contributed by atoms with E-state index in [0.29, 0.717) is 11.4 Å². The Morgan fingerprint density at radius 3 is 2.74 bits per heavy atom. The number of azo groups is 1. The predicted molar refractivity (Wildman–Crippen MR) is 99.6 cm³/mol. The molecule has 0 bridgehead atoms. The fraction of sp³-hybridized carbons (Fsp3) is 0.467. The van der Waals surface area contributed by atoms with Crippen LogP contribution in [0.3, 0.4) is 0 Å². The van der Waals surface area contributed by atoms with E-state index in [9.17, 15) is 9.00 Å². The zero-order valence-corrected chi connectivity index (χ0v) is 16.4. The van der Waals surface area contributed by atoms with Gasteiger partial charge in [0.25, 0.3) is 0 Å². The van der Waals surface area contributed by atoms with Crippen molar-refractivity contribution in [1.82, 2.24) is 20.0 Å². The van der Waals surface area contributed by atoms with Crippen LogP contribution < -0.4 is 0 Å². The molecule has 0 amide bonds. The van der Waals surface area contributed by atoms with Crippen molar-refractivity contribution in [1.29, 1.82) is 0 Å². The number of aliphatic imine (C=N–C) groups is 1. The average molecular weight is 395 g/mol. The second-order valence-electron chi connectivity index (χ2n) is 6.46. The number of aromatic nitrogens is 4. The number of aryl methyl sites for hydroxylation is 1. The molecule has 0 saturated heterocycles. The number of nitrogens with one attached hydrogen (secondary N) is 1. The quantitative estimate of drug-likeness (QED) is 0.253. The van der Waals surface area contributed by atoms with Crippen molar-refractivity contribution in [3.8, 4) is 0 Å². The van der Waals surface area contributed by atoms with Gasteiger partial charge in [-0.15, -0.1) is 10.2 Å². The molecule has 0 spiro atoms. The lowest BCUT2D eigenvalue weighted by Gasteiger charge is -2.15. The van der Waals surface area contributed by atoms with Crippen LogP contribution in [0.4, 0.5) is 17.3 Å². The molecule has 0 aliphatic rings. The largest absolute Gasteiger partial charge is 0.462 e. The van der Waals surface area contributed by atoms with E-state index in [1.54, 1.807) is 14.0 Å². The lowest BCUT2D eigenvalue weighted by Crippen LogP contribution is -2.12. The Labute approximate surface area is 158 Å². The molecular weight excluding hydrogens is 374 g/mol. The number of rotatable bonds is 6. The maximum Gasteiger partial charge on any atom is 0.343 e. The lowest BCUT2D eigenvalue weighted by molar-refractivity contribution is 0.0527. The van der Waals surface area contributed by atoms with Crippen molar-refractivity contribution < 1.29 is 18.3 Å². The Morgan fingerprint density at radius 2 is 2.15 bits per heavy atom. The van der Waals surface area contributed by atoms with Gasteiger partial charge in [0.1, 0.15) is 11.1 Å². The van der Waals surface area contributed by atoms with E-state index in [0.717, 1.165) is 5.55 Å². The minimum Gasteiger partial charge on any atom is -0.462 e. The molecule has 0 aliphatic carbocycles. The van der Waals surface area contributed by atoms with Crippen molar-refractivity contribution in [2.24, 2.45) is 22.3 Å². The van der Waals surface area contributed by atoms with E-state index in [-0.39, 0.29) is 23.8 Å². The van der Waals surface area contributed by atoms with Gasteiger partial charge in [0.15, 0.2) is 28.4 Å². The molecule has 0 saturated carbocycles. The molecule has 1 atom stereocenters. The molecular formula is C15H21N7O4S. The van der Waals surface area contributed by atoms with Crippen LogP contribution in [0.15, 0.2) is 21.4 Å². The monoisotopic (exact) mass is 395 g/mol. The Bertz CT molecular complexity index is 908. The highest BCUT2D eigenvalue weighted by atomic mass is 32.2. The van der Waals surface area contributed by atoms with Gasteiger partial charge in [0.05, 0.1) is 18.5 Å².